The van der Waals surface area contributed by atoms with Crippen LogP contribution in [0.25, 0.3) is 0 Å². The van der Waals surface area contributed by atoms with Gasteiger partial charge in [-0.15, -0.1) is 0 Å². The second kappa shape index (κ2) is 9.82. The molecule has 0 aliphatic carbocycles. The molecule has 0 saturated carbocycles. The fourth-order valence-corrected chi connectivity index (χ4v) is 5.09. The lowest BCUT2D eigenvalue weighted by atomic mass is 10.0. The van der Waals surface area contributed by atoms with Crippen molar-refractivity contribution < 1.29 is 9.47 Å². The zero-order chi connectivity index (χ0) is 20.8. The Morgan fingerprint density at radius 3 is 2.38 bits per heavy atom. The molecule has 3 aromatic carbocycles. The van der Waals surface area contributed by atoms with E-state index in [0.717, 1.165) is 22.6 Å². The SMILES string of the molecule is CN=C(c1ccccc1)c1cccc(C)c1Pc1cc(C)cc(C)c1OCOC. The van der Waals surface area contributed by atoms with Gasteiger partial charge in [0.25, 0.3) is 0 Å². The van der Waals surface area contributed by atoms with E-state index in [0.29, 0.717) is 8.58 Å². The summed E-state index contributed by atoms with van der Waals surface area (Å²) in [5, 5.41) is 2.49. The smallest absolute Gasteiger partial charge is 0.188 e. The predicted octanol–water partition coefficient (Wildman–Crippen LogP) is 4.69. The van der Waals surface area contributed by atoms with Crippen LogP contribution >= 0.6 is 8.58 Å². The minimum atomic E-state index is 0.244. The van der Waals surface area contributed by atoms with Crippen LogP contribution < -0.4 is 15.3 Å². The number of rotatable bonds is 7. The van der Waals surface area contributed by atoms with E-state index in [-0.39, 0.29) is 6.79 Å². The number of aliphatic imine (C=N–C) groups is 1. The van der Waals surface area contributed by atoms with E-state index in [9.17, 15) is 0 Å². The van der Waals surface area contributed by atoms with Crippen LogP contribution in [0.5, 0.6) is 5.75 Å². The maximum atomic E-state index is 5.95. The van der Waals surface area contributed by atoms with Crippen LogP contribution in [0.15, 0.2) is 65.7 Å². The van der Waals surface area contributed by atoms with E-state index in [4.69, 9.17) is 9.47 Å². The number of hydrogen-bond donors (Lipinski definition) is 0. The Bertz CT molecular complexity index is 1010. The molecule has 0 fully saturated rings. The van der Waals surface area contributed by atoms with E-state index >= 15 is 0 Å². The molecule has 1 unspecified atom stereocenters. The van der Waals surface area contributed by atoms with E-state index < -0.39 is 0 Å². The van der Waals surface area contributed by atoms with Crippen LogP contribution in [0.2, 0.25) is 0 Å². The quantitative estimate of drug-likeness (QED) is 0.324. The molecule has 0 aromatic heterocycles. The molecule has 150 valence electrons. The largest absolute Gasteiger partial charge is 0.467 e. The van der Waals surface area contributed by atoms with Crippen molar-refractivity contribution in [1.82, 2.24) is 0 Å². The van der Waals surface area contributed by atoms with E-state index in [1.54, 1.807) is 7.11 Å². The standard InChI is InChI=1S/C25H28NO2P/c1-17-14-19(3)24(28-16-27-5)22(15-17)29-25-18(2)10-9-13-21(25)23(26-4)20-11-7-6-8-12-20/h6-15,29H,16H2,1-5H3. The van der Waals surface area contributed by atoms with Gasteiger partial charge in [-0.1, -0.05) is 63.2 Å². The molecule has 0 N–H and O–H groups in total. The summed E-state index contributed by atoms with van der Waals surface area (Å²) in [6, 6.07) is 21.2. The molecule has 3 aromatic rings. The molecule has 0 amide bonds. The molecule has 29 heavy (non-hydrogen) atoms. The molecule has 0 aliphatic rings. The molecule has 0 bridgehead atoms. The topological polar surface area (TPSA) is 30.8 Å². The van der Waals surface area contributed by atoms with Crippen LogP contribution in [0.1, 0.15) is 27.8 Å². The second-order valence-electron chi connectivity index (χ2n) is 7.07. The van der Waals surface area contributed by atoms with Gasteiger partial charge in [0.15, 0.2) is 6.79 Å². The molecule has 0 radical (unpaired) electrons. The lowest BCUT2D eigenvalue weighted by Gasteiger charge is -2.19. The van der Waals surface area contributed by atoms with E-state index in [1.807, 2.05) is 13.1 Å². The fourth-order valence-electron chi connectivity index (χ4n) is 3.52. The van der Waals surface area contributed by atoms with Gasteiger partial charge < -0.3 is 9.47 Å². The maximum absolute atomic E-state index is 5.95. The summed E-state index contributed by atoms with van der Waals surface area (Å²) in [6.07, 6.45) is 0. The minimum Gasteiger partial charge on any atom is -0.467 e. The lowest BCUT2D eigenvalue weighted by Crippen LogP contribution is -2.20. The number of aryl methyl sites for hydroxylation is 3. The fraction of sp³-hybridized carbons (Fsp3) is 0.240. The van der Waals surface area contributed by atoms with Crippen molar-refractivity contribution in [3.05, 3.63) is 88.5 Å². The van der Waals surface area contributed by atoms with Crippen molar-refractivity contribution >= 4 is 24.9 Å². The third-order valence-corrected chi connectivity index (χ3v) is 6.35. The van der Waals surface area contributed by atoms with Gasteiger partial charge in [0.1, 0.15) is 5.75 Å². The molecular formula is C25H28NO2P. The third kappa shape index (κ3) is 4.93. The summed E-state index contributed by atoms with van der Waals surface area (Å²) >= 11 is 0. The van der Waals surface area contributed by atoms with Crippen molar-refractivity contribution in [3.8, 4) is 5.75 Å². The third-order valence-electron chi connectivity index (χ3n) is 4.80. The highest BCUT2D eigenvalue weighted by Gasteiger charge is 2.17. The molecule has 0 saturated heterocycles. The normalized spacial score (nSPS) is 12.0. The van der Waals surface area contributed by atoms with Crippen molar-refractivity contribution in [1.29, 1.82) is 0 Å². The first-order chi connectivity index (χ1) is 14.0. The predicted molar refractivity (Wildman–Crippen MR) is 125 cm³/mol. The van der Waals surface area contributed by atoms with Gasteiger partial charge in [0.05, 0.1) is 5.71 Å². The summed E-state index contributed by atoms with van der Waals surface area (Å²) in [4.78, 5) is 4.65. The molecule has 4 heteroatoms. The highest BCUT2D eigenvalue weighted by Crippen LogP contribution is 2.28. The van der Waals surface area contributed by atoms with Crippen LogP contribution in [-0.2, 0) is 4.74 Å². The van der Waals surface area contributed by atoms with Gasteiger partial charge >= 0.3 is 0 Å². The van der Waals surface area contributed by atoms with Crippen molar-refractivity contribution in [2.24, 2.45) is 4.99 Å². The average Bonchev–Trinajstić information content (AvgIpc) is 2.71. The van der Waals surface area contributed by atoms with Gasteiger partial charge in [-0.3, -0.25) is 4.99 Å². The summed E-state index contributed by atoms with van der Waals surface area (Å²) < 4.78 is 11.1. The molecule has 3 rings (SSSR count). The van der Waals surface area contributed by atoms with E-state index in [1.165, 1.54) is 27.3 Å². The van der Waals surface area contributed by atoms with Crippen molar-refractivity contribution in [3.63, 3.8) is 0 Å². The molecule has 0 spiro atoms. The van der Waals surface area contributed by atoms with Crippen LogP contribution in [-0.4, -0.2) is 26.7 Å². The summed E-state index contributed by atoms with van der Waals surface area (Å²) in [7, 11) is 3.97. The summed E-state index contributed by atoms with van der Waals surface area (Å²) in [5.41, 5.74) is 6.94. The Kier molecular flexibility index (Phi) is 7.19. The van der Waals surface area contributed by atoms with E-state index in [2.05, 4.69) is 80.4 Å². The number of nitrogens with zero attached hydrogens (tertiary/aromatic N) is 1. The minimum absolute atomic E-state index is 0.244. The molecule has 3 nitrogen and oxygen atoms in total. The number of benzene rings is 3. The summed E-state index contributed by atoms with van der Waals surface area (Å²) in [6.45, 7) is 6.63. The van der Waals surface area contributed by atoms with Crippen LogP contribution in [0.3, 0.4) is 0 Å². The number of ether oxygens (including phenoxy) is 2. The summed E-state index contributed by atoms with van der Waals surface area (Å²) in [5.74, 6) is 0.916. The molecule has 1 atom stereocenters. The van der Waals surface area contributed by atoms with Gasteiger partial charge in [-0.2, -0.15) is 0 Å². The Hall–Kier alpha value is -2.48. The Morgan fingerprint density at radius 2 is 1.69 bits per heavy atom. The number of methoxy groups -OCH3 is 1. The van der Waals surface area contributed by atoms with Gasteiger partial charge in [0.2, 0.25) is 0 Å². The van der Waals surface area contributed by atoms with Crippen LogP contribution in [0, 0.1) is 20.8 Å². The first kappa shape index (κ1) is 21.2. The maximum Gasteiger partial charge on any atom is 0.188 e. The Balaban J connectivity index is 2.10. The second-order valence-corrected chi connectivity index (χ2v) is 8.36. The highest BCUT2D eigenvalue weighted by molar-refractivity contribution is 7.56. The lowest BCUT2D eigenvalue weighted by molar-refractivity contribution is 0.0514. The Labute approximate surface area is 175 Å². The molecule has 0 heterocycles. The van der Waals surface area contributed by atoms with Crippen molar-refractivity contribution in [2.75, 3.05) is 21.0 Å². The zero-order valence-electron chi connectivity index (χ0n) is 17.7. The zero-order valence-corrected chi connectivity index (χ0v) is 18.7. The van der Waals surface area contributed by atoms with Crippen LogP contribution in [0.4, 0.5) is 0 Å². The van der Waals surface area contributed by atoms with Crippen molar-refractivity contribution in [2.45, 2.75) is 20.8 Å². The molecular weight excluding hydrogens is 377 g/mol. The average molecular weight is 405 g/mol. The highest BCUT2D eigenvalue weighted by atomic mass is 31.1. The van der Waals surface area contributed by atoms with Gasteiger partial charge in [0, 0.05) is 30.6 Å². The first-order valence-corrected chi connectivity index (χ1v) is 10.7. The number of hydrogen-bond acceptors (Lipinski definition) is 3. The Morgan fingerprint density at radius 1 is 0.931 bits per heavy atom. The monoisotopic (exact) mass is 405 g/mol. The van der Waals surface area contributed by atoms with Gasteiger partial charge in [-0.25, -0.2) is 0 Å². The molecule has 0 aliphatic heterocycles. The van der Waals surface area contributed by atoms with Gasteiger partial charge in [-0.05, 0) is 48.8 Å². The first-order valence-electron chi connectivity index (χ1n) is 9.67.